The quantitative estimate of drug-likeness (QED) is 0.673. The summed E-state index contributed by atoms with van der Waals surface area (Å²) in [7, 11) is 1.62. The number of aryl methyl sites for hydroxylation is 1. The molecule has 1 aromatic carbocycles. The van der Waals surface area contributed by atoms with Crippen LogP contribution in [-0.2, 0) is 6.54 Å². The summed E-state index contributed by atoms with van der Waals surface area (Å²) in [6, 6.07) is 4.71. The van der Waals surface area contributed by atoms with Crippen molar-refractivity contribution in [2.75, 3.05) is 12.4 Å². The van der Waals surface area contributed by atoms with Crippen molar-refractivity contribution in [3.8, 4) is 0 Å². The molecule has 2 rings (SSSR count). The van der Waals surface area contributed by atoms with E-state index in [2.05, 4.69) is 26.2 Å². The molecule has 0 saturated carbocycles. The van der Waals surface area contributed by atoms with Gasteiger partial charge >= 0.3 is 0 Å². The van der Waals surface area contributed by atoms with Gasteiger partial charge in [0.15, 0.2) is 0 Å². The van der Waals surface area contributed by atoms with Crippen molar-refractivity contribution in [2.45, 2.75) is 13.5 Å². The molecule has 1 N–H and O–H groups in total. The number of aromatic nitrogens is 2. The van der Waals surface area contributed by atoms with Crippen LogP contribution in [0.15, 0.2) is 33.7 Å². The summed E-state index contributed by atoms with van der Waals surface area (Å²) < 4.78 is 1.88. The lowest BCUT2D eigenvalue weighted by atomic mass is 10.1. The number of hydrogen-bond acceptors (Lipinski definition) is 5. The van der Waals surface area contributed by atoms with Crippen LogP contribution in [0.3, 0.4) is 0 Å². The highest BCUT2D eigenvalue weighted by Crippen LogP contribution is 2.25. The SMILES string of the molecule is CNc1cc(Cn2c(C)ncc(Br)c2=O)ccc1[N+](=O)[O-]. The van der Waals surface area contributed by atoms with Gasteiger partial charge in [0.25, 0.3) is 11.2 Å². The van der Waals surface area contributed by atoms with Crippen LogP contribution in [0, 0.1) is 17.0 Å². The second-order valence-electron chi connectivity index (χ2n) is 4.40. The summed E-state index contributed by atoms with van der Waals surface area (Å²) in [5.41, 5.74) is 0.991. The van der Waals surface area contributed by atoms with Gasteiger partial charge in [-0.2, -0.15) is 0 Å². The Morgan fingerprint density at radius 1 is 1.48 bits per heavy atom. The number of nitrogens with one attached hydrogen (secondary N) is 1. The molecule has 1 aromatic heterocycles. The van der Waals surface area contributed by atoms with Gasteiger partial charge in [-0.25, -0.2) is 4.98 Å². The fraction of sp³-hybridized carbons (Fsp3) is 0.231. The Morgan fingerprint density at radius 2 is 2.19 bits per heavy atom. The molecule has 0 aliphatic heterocycles. The highest BCUT2D eigenvalue weighted by atomic mass is 79.9. The molecule has 0 atom stereocenters. The van der Waals surface area contributed by atoms with Gasteiger partial charge in [0, 0.05) is 19.3 Å². The van der Waals surface area contributed by atoms with Crippen LogP contribution in [0.4, 0.5) is 11.4 Å². The third-order valence-corrected chi connectivity index (χ3v) is 3.62. The molecule has 8 heteroatoms. The van der Waals surface area contributed by atoms with E-state index in [0.29, 0.717) is 22.5 Å². The maximum Gasteiger partial charge on any atom is 0.292 e. The minimum absolute atomic E-state index is 0.00214. The average Bonchev–Trinajstić information content (AvgIpc) is 2.47. The molecule has 21 heavy (non-hydrogen) atoms. The molecule has 2 aromatic rings. The zero-order valence-electron chi connectivity index (χ0n) is 11.5. The van der Waals surface area contributed by atoms with E-state index in [9.17, 15) is 14.9 Å². The maximum absolute atomic E-state index is 12.1. The third-order valence-electron chi connectivity index (χ3n) is 3.07. The van der Waals surface area contributed by atoms with Crippen molar-refractivity contribution in [3.05, 3.63) is 60.7 Å². The Hall–Kier alpha value is -2.22. The molecule has 1 heterocycles. The van der Waals surface area contributed by atoms with Gasteiger partial charge in [-0.05, 0) is 34.5 Å². The van der Waals surface area contributed by atoms with Crippen molar-refractivity contribution in [1.82, 2.24) is 9.55 Å². The molecule has 0 aliphatic rings. The first-order chi connectivity index (χ1) is 9.93. The van der Waals surface area contributed by atoms with Crippen molar-refractivity contribution >= 4 is 27.3 Å². The minimum atomic E-state index is -0.451. The van der Waals surface area contributed by atoms with Gasteiger partial charge in [-0.1, -0.05) is 6.07 Å². The fourth-order valence-corrected chi connectivity index (χ4v) is 2.28. The second kappa shape index (κ2) is 6.04. The van der Waals surface area contributed by atoms with Crippen LogP contribution in [0.1, 0.15) is 11.4 Å². The monoisotopic (exact) mass is 352 g/mol. The van der Waals surface area contributed by atoms with Crippen LogP contribution in [0.2, 0.25) is 0 Å². The first-order valence-electron chi connectivity index (χ1n) is 6.11. The third kappa shape index (κ3) is 3.10. The van der Waals surface area contributed by atoms with E-state index < -0.39 is 4.92 Å². The van der Waals surface area contributed by atoms with E-state index in [1.807, 2.05) is 0 Å². The zero-order valence-corrected chi connectivity index (χ0v) is 13.0. The number of hydrogen-bond donors (Lipinski definition) is 1. The molecular formula is C13H13BrN4O3. The molecule has 0 amide bonds. The average molecular weight is 353 g/mol. The van der Waals surface area contributed by atoms with Gasteiger partial charge in [-0.15, -0.1) is 0 Å². The van der Waals surface area contributed by atoms with Crippen molar-refractivity contribution in [1.29, 1.82) is 0 Å². The number of halogens is 1. The van der Waals surface area contributed by atoms with Crippen molar-refractivity contribution in [2.24, 2.45) is 0 Å². The summed E-state index contributed by atoms with van der Waals surface area (Å²) >= 11 is 3.15. The summed E-state index contributed by atoms with van der Waals surface area (Å²) in [6.45, 7) is 2.03. The number of nitrogens with zero attached hydrogens (tertiary/aromatic N) is 3. The standard InChI is InChI=1S/C13H13BrN4O3/c1-8-16-6-10(14)13(19)17(8)7-9-3-4-12(18(20)21)11(5-9)15-2/h3-6,15H,7H2,1-2H3. The maximum atomic E-state index is 12.1. The van der Waals surface area contributed by atoms with E-state index in [4.69, 9.17) is 0 Å². The first-order valence-corrected chi connectivity index (χ1v) is 6.90. The Labute approximate surface area is 128 Å². The van der Waals surface area contributed by atoms with Gasteiger partial charge < -0.3 is 5.32 Å². The van der Waals surface area contributed by atoms with Gasteiger partial charge in [0.1, 0.15) is 16.0 Å². The molecule has 7 nitrogen and oxygen atoms in total. The minimum Gasteiger partial charge on any atom is -0.383 e. The highest BCUT2D eigenvalue weighted by molar-refractivity contribution is 9.10. The van der Waals surface area contributed by atoms with E-state index in [1.54, 1.807) is 26.1 Å². The lowest BCUT2D eigenvalue weighted by molar-refractivity contribution is -0.383. The number of rotatable bonds is 4. The first kappa shape index (κ1) is 15.2. The summed E-state index contributed by atoms with van der Waals surface area (Å²) in [4.78, 5) is 26.6. The lowest BCUT2D eigenvalue weighted by Gasteiger charge is -2.11. The Balaban J connectivity index is 2.44. The molecule has 110 valence electrons. The molecule has 0 fully saturated rings. The summed E-state index contributed by atoms with van der Waals surface area (Å²) in [5, 5.41) is 13.7. The van der Waals surface area contributed by atoms with Crippen LogP contribution >= 0.6 is 15.9 Å². The molecule has 0 radical (unpaired) electrons. The van der Waals surface area contributed by atoms with Crippen LogP contribution in [0.25, 0.3) is 0 Å². The molecule has 0 saturated heterocycles. The van der Waals surface area contributed by atoms with Crippen LogP contribution in [-0.4, -0.2) is 21.5 Å². The second-order valence-corrected chi connectivity index (χ2v) is 5.26. The van der Waals surface area contributed by atoms with E-state index in [-0.39, 0.29) is 11.2 Å². The fourth-order valence-electron chi connectivity index (χ4n) is 1.96. The van der Waals surface area contributed by atoms with E-state index >= 15 is 0 Å². The van der Waals surface area contributed by atoms with Crippen LogP contribution < -0.4 is 10.9 Å². The van der Waals surface area contributed by atoms with E-state index in [0.717, 1.165) is 5.56 Å². The van der Waals surface area contributed by atoms with Crippen molar-refractivity contribution in [3.63, 3.8) is 0 Å². The highest BCUT2D eigenvalue weighted by Gasteiger charge is 2.14. The molecule has 0 unspecified atom stereocenters. The molecule has 0 bridgehead atoms. The van der Waals surface area contributed by atoms with Gasteiger partial charge in [-0.3, -0.25) is 19.5 Å². The number of benzene rings is 1. The smallest absolute Gasteiger partial charge is 0.292 e. The normalized spacial score (nSPS) is 10.4. The zero-order chi connectivity index (χ0) is 15.6. The Kier molecular flexibility index (Phi) is 4.37. The summed E-state index contributed by atoms with van der Waals surface area (Å²) in [5.74, 6) is 0.576. The van der Waals surface area contributed by atoms with Crippen molar-refractivity contribution < 1.29 is 4.92 Å². The summed E-state index contributed by atoms with van der Waals surface area (Å²) in [6.07, 6.45) is 1.46. The number of nitro groups is 1. The molecular weight excluding hydrogens is 340 g/mol. The largest absolute Gasteiger partial charge is 0.383 e. The predicted molar refractivity (Wildman–Crippen MR) is 82.7 cm³/mol. The predicted octanol–water partition coefficient (Wildman–Crippen LogP) is 2.31. The molecule has 0 aliphatic carbocycles. The number of nitro benzene ring substituents is 1. The van der Waals surface area contributed by atoms with E-state index in [1.165, 1.54) is 16.8 Å². The number of anilines is 1. The lowest BCUT2D eigenvalue weighted by Crippen LogP contribution is -2.24. The van der Waals surface area contributed by atoms with Gasteiger partial charge in [0.05, 0.1) is 11.5 Å². The Bertz CT molecular complexity index is 758. The molecule has 0 spiro atoms. The van der Waals surface area contributed by atoms with Gasteiger partial charge in [0.2, 0.25) is 0 Å². The topological polar surface area (TPSA) is 90.1 Å². The Morgan fingerprint density at radius 3 is 2.81 bits per heavy atom. The van der Waals surface area contributed by atoms with Crippen LogP contribution in [0.5, 0.6) is 0 Å².